The van der Waals surface area contributed by atoms with Crippen molar-refractivity contribution in [1.82, 2.24) is 24.6 Å². The third-order valence-electron chi connectivity index (χ3n) is 5.27. The summed E-state index contributed by atoms with van der Waals surface area (Å²) in [6.45, 7) is 1.82. The van der Waals surface area contributed by atoms with Gasteiger partial charge in [0.15, 0.2) is 0 Å². The van der Waals surface area contributed by atoms with Crippen molar-refractivity contribution in [3.8, 4) is 0 Å². The third-order valence-corrected chi connectivity index (χ3v) is 5.27. The van der Waals surface area contributed by atoms with Gasteiger partial charge in [0.1, 0.15) is 18.5 Å². The zero-order valence-electron chi connectivity index (χ0n) is 15.3. The Kier molecular flexibility index (Phi) is 5.15. The number of hydrogen-bond acceptors (Lipinski definition) is 4. The van der Waals surface area contributed by atoms with Crippen LogP contribution in [0.15, 0.2) is 30.9 Å². The molecular weight excluding hydrogens is 394 g/mol. The summed E-state index contributed by atoms with van der Waals surface area (Å²) in [7, 11) is 0. The summed E-state index contributed by atoms with van der Waals surface area (Å²) in [5, 5.41) is 7.56. The van der Waals surface area contributed by atoms with Crippen LogP contribution in [0.25, 0.3) is 0 Å². The van der Waals surface area contributed by atoms with Gasteiger partial charge in [-0.05, 0) is 18.6 Å². The molecule has 1 aromatic heterocycles. The molecule has 2 saturated heterocycles. The lowest BCUT2D eigenvalue weighted by Crippen LogP contribution is -2.58. The van der Waals surface area contributed by atoms with Crippen molar-refractivity contribution in [2.75, 3.05) is 26.2 Å². The van der Waals surface area contributed by atoms with Crippen LogP contribution in [-0.2, 0) is 17.5 Å². The van der Waals surface area contributed by atoms with E-state index in [1.807, 2.05) is 4.57 Å². The molecule has 1 atom stereocenters. The van der Waals surface area contributed by atoms with E-state index in [1.54, 1.807) is 22.5 Å². The Labute approximate surface area is 163 Å². The van der Waals surface area contributed by atoms with E-state index in [9.17, 15) is 22.4 Å². The summed E-state index contributed by atoms with van der Waals surface area (Å²) in [6.07, 6.45) is -0.765. The molecule has 0 unspecified atom stereocenters. The van der Waals surface area contributed by atoms with Crippen molar-refractivity contribution >= 4 is 6.03 Å². The molecule has 2 fully saturated rings. The van der Waals surface area contributed by atoms with Gasteiger partial charge in [-0.2, -0.15) is 13.2 Å². The second-order valence-corrected chi connectivity index (χ2v) is 7.22. The number of carbonyl (C=O) groups is 1. The molecule has 156 valence electrons. The van der Waals surface area contributed by atoms with E-state index in [4.69, 9.17) is 4.74 Å². The predicted octanol–water partition coefficient (Wildman–Crippen LogP) is 2.70. The van der Waals surface area contributed by atoms with Crippen molar-refractivity contribution in [1.29, 1.82) is 0 Å². The standard InChI is InChI=1S/C18H19F4N5O2/c19-16-5-13(18(20,21)22)2-1-12(16)9-29-15-7-26(8-15)17(28)25-4-3-14(6-25)27-10-23-24-11-27/h1-2,5,10-11,14-15H,3-4,6-9H2/t14-/m1/s1. The minimum Gasteiger partial charge on any atom is -0.370 e. The Balaban J connectivity index is 1.23. The van der Waals surface area contributed by atoms with Gasteiger partial charge in [-0.15, -0.1) is 10.2 Å². The maximum absolute atomic E-state index is 13.9. The Morgan fingerprint density at radius 1 is 1.14 bits per heavy atom. The van der Waals surface area contributed by atoms with Gasteiger partial charge in [0, 0.05) is 18.7 Å². The van der Waals surface area contributed by atoms with Crippen LogP contribution < -0.4 is 0 Å². The first-order valence-corrected chi connectivity index (χ1v) is 9.16. The van der Waals surface area contributed by atoms with E-state index in [0.29, 0.717) is 32.2 Å². The van der Waals surface area contributed by atoms with Gasteiger partial charge < -0.3 is 19.1 Å². The smallest absolute Gasteiger partial charge is 0.370 e. The van der Waals surface area contributed by atoms with E-state index in [2.05, 4.69) is 10.2 Å². The topological polar surface area (TPSA) is 63.5 Å². The van der Waals surface area contributed by atoms with Crippen molar-refractivity contribution in [3.63, 3.8) is 0 Å². The lowest BCUT2D eigenvalue weighted by Gasteiger charge is -2.40. The molecule has 4 rings (SSSR count). The van der Waals surface area contributed by atoms with Crippen LogP contribution >= 0.6 is 0 Å². The van der Waals surface area contributed by atoms with Gasteiger partial charge in [0.2, 0.25) is 0 Å². The number of halogens is 4. The fourth-order valence-electron chi connectivity index (χ4n) is 3.50. The molecule has 3 heterocycles. The Bertz CT molecular complexity index is 868. The highest BCUT2D eigenvalue weighted by Crippen LogP contribution is 2.30. The Hall–Kier alpha value is -2.69. The van der Waals surface area contributed by atoms with Crippen LogP contribution in [0.1, 0.15) is 23.6 Å². The van der Waals surface area contributed by atoms with Gasteiger partial charge >= 0.3 is 12.2 Å². The van der Waals surface area contributed by atoms with Crippen LogP contribution in [0.4, 0.5) is 22.4 Å². The first-order valence-electron chi connectivity index (χ1n) is 9.16. The van der Waals surface area contributed by atoms with E-state index >= 15 is 0 Å². The van der Waals surface area contributed by atoms with E-state index in [1.165, 1.54) is 0 Å². The summed E-state index contributed by atoms with van der Waals surface area (Å²) in [4.78, 5) is 15.9. The monoisotopic (exact) mass is 413 g/mol. The quantitative estimate of drug-likeness (QED) is 0.724. The van der Waals surface area contributed by atoms with Crippen LogP contribution in [0.2, 0.25) is 0 Å². The molecule has 2 aromatic rings. The Morgan fingerprint density at radius 2 is 1.86 bits per heavy atom. The van der Waals surface area contributed by atoms with Crippen LogP contribution in [0.3, 0.4) is 0 Å². The molecular formula is C18H19F4N5O2. The maximum Gasteiger partial charge on any atom is 0.416 e. The molecule has 29 heavy (non-hydrogen) atoms. The van der Waals surface area contributed by atoms with Crippen LogP contribution in [0.5, 0.6) is 0 Å². The molecule has 0 spiro atoms. The van der Waals surface area contributed by atoms with Crippen molar-refractivity contribution in [2.24, 2.45) is 0 Å². The van der Waals surface area contributed by atoms with Crippen LogP contribution in [0, 0.1) is 5.82 Å². The summed E-state index contributed by atoms with van der Waals surface area (Å²) in [5.74, 6) is -0.954. The Morgan fingerprint density at radius 3 is 2.52 bits per heavy atom. The number of alkyl halides is 3. The molecule has 0 N–H and O–H groups in total. The maximum atomic E-state index is 13.9. The molecule has 0 saturated carbocycles. The minimum atomic E-state index is -4.59. The van der Waals surface area contributed by atoms with Gasteiger partial charge in [-0.1, -0.05) is 6.07 Å². The zero-order chi connectivity index (χ0) is 20.6. The number of carbonyl (C=O) groups excluding carboxylic acids is 1. The fourth-order valence-corrected chi connectivity index (χ4v) is 3.50. The van der Waals surface area contributed by atoms with Gasteiger partial charge in [-0.3, -0.25) is 0 Å². The second kappa shape index (κ2) is 7.62. The molecule has 7 nitrogen and oxygen atoms in total. The lowest BCUT2D eigenvalue weighted by atomic mass is 10.1. The zero-order valence-corrected chi connectivity index (χ0v) is 15.3. The van der Waals surface area contributed by atoms with Gasteiger partial charge in [0.05, 0.1) is 37.4 Å². The number of urea groups is 1. The summed E-state index contributed by atoms with van der Waals surface area (Å²) in [5.41, 5.74) is -0.978. The van der Waals surface area contributed by atoms with E-state index in [0.717, 1.165) is 18.6 Å². The SMILES string of the molecule is O=C(N1CC(OCc2ccc(C(F)(F)F)cc2F)C1)N1CC[C@@H](n2cnnc2)C1. The molecule has 0 bridgehead atoms. The molecule has 11 heteroatoms. The number of hydrogen-bond donors (Lipinski definition) is 0. The number of aromatic nitrogens is 3. The van der Waals surface area contributed by atoms with Crippen molar-refractivity contribution < 1.29 is 27.1 Å². The first kappa shape index (κ1) is 19.6. The number of nitrogens with zero attached hydrogens (tertiary/aromatic N) is 5. The van der Waals surface area contributed by atoms with E-state index in [-0.39, 0.29) is 30.3 Å². The van der Waals surface area contributed by atoms with Crippen molar-refractivity contribution in [2.45, 2.75) is 31.3 Å². The lowest BCUT2D eigenvalue weighted by molar-refractivity contribution is -0.137. The average Bonchev–Trinajstić information content (AvgIpc) is 3.31. The first-order chi connectivity index (χ1) is 13.8. The highest BCUT2D eigenvalue weighted by molar-refractivity contribution is 5.75. The second-order valence-electron chi connectivity index (χ2n) is 7.22. The largest absolute Gasteiger partial charge is 0.416 e. The number of likely N-dealkylation sites (tertiary alicyclic amines) is 2. The third kappa shape index (κ3) is 4.19. The van der Waals surface area contributed by atoms with Gasteiger partial charge in [-0.25, -0.2) is 9.18 Å². The molecule has 0 aliphatic carbocycles. The number of benzene rings is 1. The molecule has 2 amide bonds. The van der Waals surface area contributed by atoms with Crippen LogP contribution in [-0.4, -0.2) is 62.9 Å². The number of rotatable bonds is 4. The highest BCUT2D eigenvalue weighted by atomic mass is 19.4. The number of ether oxygens (including phenoxy) is 1. The summed E-state index contributed by atoms with van der Waals surface area (Å²) < 4.78 is 59.0. The van der Waals surface area contributed by atoms with Gasteiger partial charge in [0.25, 0.3) is 0 Å². The predicted molar refractivity (Wildman–Crippen MR) is 92.2 cm³/mol. The average molecular weight is 413 g/mol. The summed E-state index contributed by atoms with van der Waals surface area (Å²) in [6, 6.07) is 2.45. The molecule has 2 aliphatic rings. The fraction of sp³-hybridized carbons (Fsp3) is 0.500. The number of amides is 2. The summed E-state index contributed by atoms with van der Waals surface area (Å²) >= 11 is 0. The normalized spacial score (nSPS) is 20.2. The highest BCUT2D eigenvalue weighted by Gasteiger charge is 2.37. The van der Waals surface area contributed by atoms with Crippen molar-refractivity contribution in [3.05, 3.63) is 47.8 Å². The molecule has 0 radical (unpaired) electrons. The minimum absolute atomic E-state index is 0.0547. The molecule has 1 aromatic carbocycles. The molecule has 2 aliphatic heterocycles. The van der Waals surface area contributed by atoms with E-state index < -0.39 is 17.6 Å².